The van der Waals surface area contributed by atoms with Crippen molar-refractivity contribution in [2.45, 2.75) is 39.2 Å². The molecule has 4 aromatic rings. The van der Waals surface area contributed by atoms with Gasteiger partial charge in [-0.25, -0.2) is 9.97 Å². The van der Waals surface area contributed by atoms with Gasteiger partial charge in [0.05, 0.1) is 22.7 Å². The van der Waals surface area contributed by atoms with Gasteiger partial charge < -0.3 is 4.57 Å². The van der Waals surface area contributed by atoms with Crippen LogP contribution >= 0.6 is 0 Å². The summed E-state index contributed by atoms with van der Waals surface area (Å²) in [5, 5.41) is 9.38. The van der Waals surface area contributed by atoms with Crippen LogP contribution in [-0.4, -0.2) is 19.1 Å². The van der Waals surface area contributed by atoms with E-state index in [4.69, 9.17) is 0 Å². The summed E-state index contributed by atoms with van der Waals surface area (Å²) in [6, 6.07) is 16.1. The first-order valence-corrected chi connectivity index (χ1v) is 9.80. The number of aromatic nitrogens is 4. The van der Waals surface area contributed by atoms with E-state index >= 15 is 0 Å². The van der Waals surface area contributed by atoms with Crippen molar-refractivity contribution in [3.63, 3.8) is 0 Å². The number of nitriles is 1. The van der Waals surface area contributed by atoms with Crippen LogP contribution in [0, 0.1) is 11.3 Å². The van der Waals surface area contributed by atoms with Gasteiger partial charge in [-0.1, -0.05) is 50.5 Å². The molecule has 0 aliphatic heterocycles. The number of rotatable bonds is 7. The van der Waals surface area contributed by atoms with Gasteiger partial charge in [0.15, 0.2) is 0 Å². The molecule has 0 radical (unpaired) electrons. The number of fused-ring (bicyclic) bond motifs is 1. The Kier molecular flexibility index (Phi) is 5.20. The molecule has 2 aromatic heterocycles. The molecule has 5 heteroatoms. The minimum Gasteiger partial charge on any atom is -0.317 e. The molecule has 140 valence electrons. The smallest absolute Gasteiger partial charge is 0.215 e. The second-order valence-electron chi connectivity index (χ2n) is 6.96. The molecule has 4 rings (SSSR count). The summed E-state index contributed by atoms with van der Waals surface area (Å²) in [7, 11) is 0. The van der Waals surface area contributed by atoms with Crippen LogP contribution in [0.5, 0.6) is 0 Å². The van der Waals surface area contributed by atoms with Gasteiger partial charge in [0.25, 0.3) is 0 Å². The highest BCUT2D eigenvalue weighted by molar-refractivity contribution is 5.84. The van der Waals surface area contributed by atoms with Crippen LogP contribution in [-0.2, 0) is 6.54 Å². The zero-order valence-electron chi connectivity index (χ0n) is 16.0. The fourth-order valence-electron chi connectivity index (χ4n) is 3.58. The van der Waals surface area contributed by atoms with Gasteiger partial charge in [-0.05, 0) is 35.7 Å². The summed E-state index contributed by atoms with van der Waals surface area (Å²) >= 11 is 0. The van der Waals surface area contributed by atoms with Crippen LogP contribution in [0.2, 0.25) is 0 Å². The van der Waals surface area contributed by atoms with E-state index in [0.29, 0.717) is 5.56 Å². The van der Waals surface area contributed by atoms with Crippen molar-refractivity contribution >= 4 is 11.0 Å². The number of imidazole rings is 2. The van der Waals surface area contributed by atoms with Gasteiger partial charge in [0.1, 0.15) is 6.33 Å². The molecule has 0 unspecified atom stereocenters. The van der Waals surface area contributed by atoms with Crippen LogP contribution in [0.1, 0.15) is 38.2 Å². The molecule has 0 aliphatic carbocycles. The van der Waals surface area contributed by atoms with Crippen LogP contribution < -0.4 is 0 Å². The maximum Gasteiger partial charge on any atom is 0.215 e. The van der Waals surface area contributed by atoms with E-state index < -0.39 is 0 Å². The Morgan fingerprint density at radius 2 is 1.93 bits per heavy atom. The van der Waals surface area contributed by atoms with Crippen molar-refractivity contribution in [2.24, 2.45) is 0 Å². The maximum absolute atomic E-state index is 9.38. The Balaban J connectivity index is 1.67. The Bertz CT molecular complexity index is 1130. The summed E-state index contributed by atoms with van der Waals surface area (Å²) in [5.74, 6) is 0.893. The number of unbranched alkanes of at least 4 members (excludes halogenated alkanes) is 3. The molecular formula is C23H23N5. The van der Waals surface area contributed by atoms with Crippen LogP contribution in [0.4, 0.5) is 0 Å². The zero-order valence-corrected chi connectivity index (χ0v) is 16.0. The van der Waals surface area contributed by atoms with E-state index in [9.17, 15) is 5.26 Å². The average molecular weight is 369 g/mol. The van der Waals surface area contributed by atoms with Crippen LogP contribution in [0.3, 0.4) is 0 Å². The Hall–Kier alpha value is -3.39. The van der Waals surface area contributed by atoms with E-state index in [1.54, 1.807) is 0 Å². The number of hydrogen-bond acceptors (Lipinski definition) is 3. The number of nitrogens with zero attached hydrogens (tertiary/aromatic N) is 5. The average Bonchev–Trinajstić information content (AvgIpc) is 3.37. The standard InChI is InChI=1S/C23H23N5/c1-2-3-4-7-13-27-14-12-25-23(27)28-17-26-21-15-18(10-11-22(21)28)20-9-6-5-8-19(20)16-24/h5-6,8-12,14-15,17H,2-4,7,13H2,1H3. The number of aryl methyl sites for hydroxylation is 1. The molecule has 0 aliphatic rings. The van der Waals surface area contributed by atoms with Gasteiger partial charge in [0.2, 0.25) is 5.95 Å². The van der Waals surface area contributed by atoms with E-state index in [0.717, 1.165) is 41.1 Å². The summed E-state index contributed by atoms with van der Waals surface area (Å²) in [4.78, 5) is 9.15. The van der Waals surface area contributed by atoms with Crippen molar-refractivity contribution in [3.05, 3.63) is 66.7 Å². The van der Waals surface area contributed by atoms with Gasteiger partial charge >= 0.3 is 0 Å². The lowest BCUT2D eigenvalue weighted by atomic mass is 10.00. The van der Waals surface area contributed by atoms with E-state index in [1.807, 2.05) is 59.7 Å². The topological polar surface area (TPSA) is 59.4 Å². The molecule has 0 spiro atoms. The normalized spacial score (nSPS) is 11.0. The molecule has 5 nitrogen and oxygen atoms in total. The minimum absolute atomic E-state index is 0.670. The fourth-order valence-corrected chi connectivity index (χ4v) is 3.58. The summed E-state index contributed by atoms with van der Waals surface area (Å²) in [5.41, 5.74) is 4.51. The third-order valence-corrected chi connectivity index (χ3v) is 5.07. The molecule has 0 N–H and O–H groups in total. The third-order valence-electron chi connectivity index (χ3n) is 5.07. The first-order valence-electron chi connectivity index (χ1n) is 9.80. The third kappa shape index (κ3) is 3.41. The molecule has 0 bridgehead atoms. The van der Waals surface area contributed by atoms with Gasteiger partial charge in [-0.3, -0.25) is 4.57 Å². The quantitative estimate of drug-likeness (QED) is 0.413. The van der Waals surface area contributed by atoms with E-state index in [-0.39, 0.29) is 0 Å². The Labute approximate surface area is 164 Å². The molecule has 2 aromatic carbocycles. The first-order chi connectivity index (χ1) is 13.8. The second kappa shape index (κ2) is 8.10. The van der Waals surface area contributed by atoms with Crippen molar-refractivity contribution in [1.82, 2.24) is 19.1 Å². The Morgan fingerprint density at radius 3 is 2.79 bits per heavy atom. The first kappa shape index (κ1) is 18.0. The molecule has 0 fully saturated rings. The van der Waals surface area contributed by atoms with E-state index in [2.05, 4.69) is 33.6 Å². The lowest BCUT2D eigenvalue weighted by molar-refractivity contribution is 0.575. The van der Waals surface area contributed by atoms with E-state index in [1.165, 1.54) is 19.3 Å². The molecule has 28 heavy (non-hydrogen) atoms. The highest BCUT2D eigenvalue weighted by atomic mass is 15.2. The van der Waals surface area contributed by atoms with Crippen molar-refractivity contribution in [2.75, 3.05) is 0 Å². The minimum atomic E-state index is 0.670. The highest BCUT2D eigenvalue weighted by Crippen LogP contribution is 2.27. The molecule has 2 heterocycles. The lowest BCUT2D eigenvalue weighted by Gasteiger charge is -2.09. The summed E-state index contributed by atoms with van der Waals surface area (Å²) < 4.78 is 4.23. The fraction of sp³-hybridized carbons (Fsp3) is 0.261. The maximum atomic E-state index is 9.38. The van der Waals surface area contributed by atoms with Crippen LogP contribution in [0.15, 0.2) is 61.2 Å². The number of hydrogen-bond donors (Lipinski definition) is 0. The molecule has 0 amide bonds. The second-order valence-corrected chi connectivity index (χ2v) is 6.96. The highest BCUT2D eigenvalue weighted by Gasteiger charge is 2.12. The summed E-state index contributed by atoms with van der Waals surface area (Å²) in [6.07, 6.45) is 10.6. The van der Waals surface area contributed by atoms with Gasteiger partial charge in [-0.15, -0.1) is 0 Å². The Morgan fingerprint density at radius 1 is 1.04 bits per heavy atom. The van der Waals surface area contributed by atoms with Crippen molar-refractivity contribution in [3.8, 4) is 23.1 Å². The van der Waals surface area contributed by atoms with Crippen molar-refractivity contribution < 1.29 is 0 Å². The largest absolute Gasteiger partial charge is 0.317 e. The predicted molar refractivity (Wildman–Crippen MR) is 111 cm³/mol. The monoisotopic (exact) mass is 369 g/mol. The van der Waals surface area contributed by atoms with Gasteiger partial charge in [-0.2, -0.15) is 5.26 Å². The van der Waals surface area contributed by atoms with Gasteiger partial charge in [0, 0.05) is 18.9 Å². The molecule has 0 saturated heterocycles. The SMILES string of the molecule is CCCCCCn1ccnc1-n1cnc2cc(-c3ccccc3C#N)ccc21. The molecular weight excluding hydrogens is 346 g/mol. The number of benzene rings is 2. The van der Waals surface area contributed by atoms with Crippen molar-refractivity contribution in [1.29, 1.82) is 5.26 Å². The van der Waals surface area contributed by atoms with Crippen LogP contribution in [0.25, 0.3) is 28.1 Å². The predicted octanol–water partition coefficient (Wildman–Crippen LogP) is 5.34. The summed E-state index contributed by atoms with van der Waals surface area (Å²) in [6.45, 7) is 3.19. The molecule has 0 saturated carbocycles. The zero-order chi connectivity index (χ0) is 19.3. The lowest BCUT2D eigenvalue weighted by Crippen LogP contribution is -2.06. The molecule has 0 atom stereocenters.